The van der Waals surface area contributed by atoms with Crippen molar-refractivity contribution in [2.75, 3.05) is 11.9 Å². The number of aromatic nitrogens is 1. The number of likely N-dealkylation sites (N-methyl/N-ethyl adjacent to an activating group) is 1. The number of amides is 2. The van der Waals surface area contributed by atoms with Gasteiger partial charge in [-0.2, -0.15) is 0 Å². The highest BCUT2D eigenvalue weighted by Gasteiger charge is 2.31. The zero-order chi connectivity index (χ0) is 25.9. The summed E-state index contributed by atoms with van der Waals surface area (Å²) in [5, 5.41) is 12.8. The third kappa shape index (κ3) is 4.73. The molecule has 0 fully saturated rings. The molecule has 1 aromatic heterocycles. The molecule has 0 saturated carbocycles. The Morgan fingerprint density at radius 1 is 0.973 bits per heavy atom. The largest absolute Gasteiger partial charge is 0.481 e. The number of anilines is 1. The third-order valence-corrected chi connectivity index (χ3v) is 6.47. The van der Waals surface area contributed by atoms with Gasteiger partial charge in [-0.05, 0) is 24.6 Å². The lowest BCUT2D eigenvalue weighted by Crippen LogP contribution is -2.46. The molecule has 2 N–H and O–H groups in total. The number of fused-ring (bicyclic) bond motifs is 2. The van der Waals surface area contributed by atoms with Crippen LogP contribution < -0.4 is 10.2 Å². The summed E-state index contributed by atoms with van der Waals surface area (Å²) >= 11 is 0. The van der Waals surface area contributed by atoms with E-state index in [9.17, 15) is 14.4 Å². The Bertz CT molecular complexity index is 1520. The number of para-hydroxylation sites is 2. The van der Waals surface area contributed by atoms with E-state index in [0.29, 0.717) is 30.1 Å². The van der Waals surface area contributed by atoms with Gasteiger partial charge in [-0.3, -0.25) is 14.4 Å². The Hall–Kier alpha value is -4.72. The number of hydrogen-bond donors (Lipinski definition) is 2. The standard InChI is InChI=1S/C29H26N4O4/c1-32-23-15-8-6-13-21(23)26(19-10-3-2-4-11-19)30-27(29(32)37)31-28(36)24-18-20-12-5-7-14-22(20)33(24)17-9-16-25(34)35/h2-8,10-15,18,27H,9,16-17H2,1H3,(H,31,36)(H,34,35)/t27-/m1/s1. The van der Waals surface area contributed by atoms with Crippen LogP contribution in [0, 0.1) is 0 Å². The zero-order valence-corrected chi connectivity index (χ0v) is 20.3. The van der Waals surface area contributed by atoms with E-state index in [1.165, 1.54) is 4.90 Å². The van der Waals surface area contributed by atoms with E-state index in [1.807, 2.05) is 78.9 Å². The molecule has 0 saturated heterocycles. The number of nitrogens with zero attached hydrogens (tertiary/aromatic N) is 3. The molecule has 1 atom stereocenters. The van der Waals surface area contributed by atoms with E-state index in [4.69, 9.17) is 10.1 Å². The minimum Gasteiger partial charge on any atom is -0.481 e. The topological polar surface area (TPSA) is 104 Å². The first-order valence-corrected chi connectivity index (χ1v) is 12.0. The van der Waals surface area contributed by atoms with Gasteiger partial charge in [0.15, 0.2) is 0 Å². The Labute approximate surface area is 213 Å². The number of carboxylic acid groups (broad SMARTS) is 1. The molecule has 8 nitrogen and oxygen atoms in total. The van der Waals surface area contributed by atoms with Gasteiger partial charge in [-0.25, -0.2) is 4.99 Å². The van der Waals surface area contributed by atoms with Crippen LogP contribution in [-0.2, 0) is 16.1 Å². The maximum absolute atomic E-state index is 13.6. The van der Waals surface area contributed by atoms with E-state index < -0.39 is 18.0 Å². The van der Waals surface area contributed by atoms with Crippen molar-refractivity contribution < 1.29 is 19.5 Å². The van der Waals surface area contributed by atoms with E-state index in [0.717, 1.165) is 22.0 Å². The quantitative estimate of drug-likeness (QED) is 0.404. The lowest BCUT2D eigenvalue weighted by molar-refractivity contribution is -0.137. The first-order valence-electron chi connectivity index (χ1n) is 12.0. The summed E-state index contributed by atoms with van der Waals surface area (Å²) in [5.74, 6) is -1.71. The number of carbonyl (C=O) groups excluding carboxylic acids is 2. The van der Waals surface area contributed by atoms with E-state index in [2.05, 4.69) is 5.32 Å². The number of benzodiazepines with no additional fused rings is 1. The molecule has 37 heavy (non-hydrogen) atoms. The number of aliphatic carboxylic acids is 1. The van der Waals surface area contributed by atoms with Crippen molar-refractivity contribution in [1.82, 2.24) is 9.88 Å². The molecular formula is C29H26N4O4. The van der Waals surface area contributed by atoms with Crippen LogP contribution >= 0.6 is 0 Å². The summed E-state index contributed by atoms with van der Waals surface area (Å²) in [4.78, 5) is 44.4. The molecule has 186 valence electrons. The molecular weight excluding hydrogens is 468 g/mol. The zero-order valence-electron chi connectivity index (χ0n) is 20.3. The van der Waals surface area contributed by atoms with Gasteiger partial charge >= 0.3 is 5.97 Å². The molecule has 0 radical (unpaired) electrons. The number of benzene rings is 3. The van der Waals surface area contributed by atoms with E-state index in [1.54, 1.807) is 17.7 Å². The number of carbonyl (C=O) groups is 3. The minimum absolute atomic E-state index is 0.0114. The van der Waals surface area contributed by atoms with Crippen LogP contribution in [0.15, 0.2) is 89.9 Å². The summed E-state index contributed by atoms with van der Waals surface area (Å²) in [6, 6.07) is 26.4. The van der Waals surface area contributed by atoms with Crippen molar-refractivity contribution in [2.24, 2.45) is 4.99 Å². The third-order valence-electron chi connectivity index (χ3n) is 6.47. The highest BCUT2D eigenvalue weighted by molar-refractivity contribution is 6.20. The molecule has 5 rings (SSSR count). The number of aryl methyl sites for hydroxylation is 1. The van der Waals surface area contributed by atoms with Crippen molar-refractivity contribution in [1.29, 1.82) is 0 Å². The maximum atomic E-state index is 13.6. The van der Waals surface area contributed by atoms with Crippen LogP contribution in [0.25, 0.3) is 10.9 Å². The van der Waals surface area contributed by atoms with Gasteiger partial charge in [-0.15, -0.1) is 0 Å². The van der Waals surface area contributed by atoms with Gasteiger partial charge < -0.3 is 19.9 Å². The second-order valence-corrected chi connectivity index (χ2v) is 8.87. The molecule has 1 aliphatic rings. The Kier molecular flexibility index (Phi) is 6.55. The van der Waals surface area contributed by atoms with Crippen LogP contribution in [0.4, 0.5) is 5.69 Å². The van der Waals surface area contributed by atoms with E-state index >= 15 is 0 Å². The monoisotopic (exact) mass is 494 g/mol. The molecule has 0 unspecified atom stereocenters. The lowest BCUT2D eigenvalue weighted by atomic mass is 10.0. The summed E-state index contributed by atoms with van der Waals surface area (Å²) < 4.78 is 1.80. The summed E-state index contributed by atoms with van der Waals surface area (Å²) in [5.41, 5.74) is 4.11. The first-order chi connectivity index (χ1) is 17.9. The van der Waals surface area contributed by atoms with Crippen molar-refractivity contribution in [3.05, 3.63) is 102 Å². The van der Waals surface area contributed by atoms with Crippen LogP contribution in [0.1, 0.15) is 34.5 Å². The summed E-state index contributed by atoms with van der Waals surface area (Å²) in [6.45, 7) is 0.352. The van der Waals surface area contributed by atoms with Crippen LogP contribution in [0.3, 0.4) is 0 Å². The van der Waals surface area contributed by atoms with Crippen LogP contribution in [0.2, 0.25) is 0 Å². The van der Waals surface area contributed by atoms with Crippen LogP contribution in [-0.4, -0.2) is 46.4 Å². The predicted molar refractivity (Wildman–Crippen MR) is 142 cm³/mol. The van der Waals surface area contributed by atoms with Gasteiger partial charge in [0.05, 0.1) is 11.4 Å². The molecule has 2 heterocycles. The van der Waals surface area contributed by atoms with E-state index in [-0.39, 0.29) is 12.3 Å². The number of hydrogen-bond acceptors (Lipinski definition) is 4. The predicted octanol–water partition coefficient (Wildman–Crippen LogP) is 4.08. The molecule has 1 aliphatic heterocycles. The average Bonchev–Trinajstić information content (AvgIpc) is 3.24. The number of rotatable bonds is 7. The Morgan fingerprint density at radius 2 is 1.68 bits per heavy atom. The normalized spacial score (nSPS) is 15.2. The Balaban J connectivity index is 1.53. The SMILES string of the molecule is CN1C(=O)[C@@H](NC(=O)c2cc3ccccc3n2CCCC(=O)O)N=C(c2ccccc2)c2ccccc21. The molecule has 0 aliphatic carbocycles. The second kappa shape index (κ2) is 10.1. The first kappa shape index (κ1) is 24.0. The van der Waals surface area contributed by atoms with Crippen LogP contribution in [0.5, 0.6) is 0 Å². The molecule has 8 heteroatoms. The van der Waals surface area contributed by atoms with Gasteiger partial charge in [0.1, 0.15) is 5.69 Å². The number of aliphatic imine (C=N–C) groups is 1. The summed E-state index contributed by atoms with van der Waals surface area (Å²) in [6.07, 6.45) is -0.793. The fourth-order valence-electron chi connectivity index (χ4n) is 4.67. The van der Waals surface area contributed by atoms with Gasteiger partial charge in [-0.1, -0.05) is 66.7 Å². The summed E-state index contributed by atoms with van der Waals surface area (Å²) in [7, 11) is 1.67. The molecule has 3 aromatic carbocycles. The van der Waals surface area contributed by atoms with Crippen molar-refractivity contribution in [3.63, 3.8) is 0 Å². The van der Waals surface area contributed by atoms with Gasteiger partial charge in [0, 0.05) is 42.0 Å². The Morgan fingerprint density at radius 3 is 2.46 bits per heavy atom. The number of nitrogens with one attached hydrogen (secondary N) is 1. The van der Waals surface area contributed by atoms with Crippen molar-refractivity contribution in [3.8, 4) is 0 Å². The average molecular weight is 495 g/mol. The maximum Gasteiger partial charge on any atom is 0.303 e. The van der Waals surface area contributed by atoms with Crippen molar-refractivity contribution >= 4 is 40.1 Å². The fraction of sp³-hybridized carbons (Fsp3) is 0.172. The molecule has 2 amide bonds. The van der Waals surface area contributed by atoms with Gasteiger partial charge in [0.25, 0.3) is 11.8 Å². The number of carboxylic acids is 1. The molecule has 0 bridgehead atoms. The van der Waals surface area contributed by atoms with Crippen molar-refractivity contribution in [2.45, 2.75) is 25.6 Å². The highest BCUT2D eigenvalue weighted by atomic mass is 16.4. The highest BCUT2D eigenvalue weighted by Crippen LogP contribution is 2.27. The fourth-order valence-corrected chi connectivity index (χ4v) is 4.67. The molecule has 4 aromatic rings. The minimum atomic E-state index is -1.15. The molecule has 0 spiro atoms. The second-order valence-electron chi connectivity index (χ2n) is 8.87. The van der Waals surface area contributed by atoms with Gasteiger partial charge in [0.2, 0.25) is 6.17 Å². The smallest absolute Gasteiger partial charge is 0.303 e. The lowest BCUT2D eigenvalue weighted by Gasteiger charge is -2.21.